The Labute approximate surface area is 125 Å². The molecule has 0 amide bonds. The molecule has 104 valence electrons. The van der Waals surface area contributed by atoms with E-state index in [1.807, 2.05) is 0 Å². The molecule has 0 aromatic carbocycles. The quantitative estimate of drug-likeness (QED) is 0.870. The molecule has 2 aliphatic heterocycles. The van der Waals surface area contributed by atoms with Gasteiger partial charge in [-0.2, -0.15) is 0 Å². The van der Waals surface area contributed by atoms with Crippen LogP contribution in [0.4, 0.5) is 0 Å². The second kappa shape index (κ2) is 5.92. The number of carboxylic acid groups (broad SMARTS) is 1. The lowest BCUT2D eigenvalue weighted by Crippen LogP contribution is -2.22. The van der Waals surface area contributed by atoms with Gasteiger partial charge in [0.2, 0.25) is 0 Å². The Balaban J connectivity index is 1.63. The van der Waals surface area contributed by atoms with Crippen LogP contribution in [0.5, 0.6) is 0 Å². The van der Waals surface area contributed by atoms with Crippen molar-refractivity contribution < 1.29 is 9.90 Å². The highest BCUT2D eigenvalue weighted by molar-refractivity contribution is 7.19. The van der Waals surface area contributed by atoms with Crippen LogP contribution in [0.2, 0.25) is 17.5 Å². The van der Waals surface area contributed by atoms with Gasteiger partial charge in [0.1, 0.15) is 7.28 Å². The van der Waals surface area contributed by atoms with E-state index in [2.05, 4.69) is 26.5 Å². The van der Waals surface area contributed by atoms with E-state index in [1.165, 1.54) is 43.4 Å². The monoisotopic (exact) mass is 287 g/mol. The van der Waals surface area contributed by atoms with Gasteiger partial charge in [-0.05, 0) is 5.92 Å². The van der Waals surface area contributed by atoms with Gasteiger partial charge in [0, 0.05) is 10.3 Å². The van der Waals surface area contributed by atoms with Crippen molar-refractivity contribution in [3.63, 3.8) is 0 Å². The second-order valence-corrected chi connectivity index (χ2v) is 7.19. The van der Waals surface area contributed by atoms with Crippen molar-refractivity contribution in [1.29, 1.82) is 0 Å². The molecule has 1 aromatic rings. The molecule has 1 N–H and O–H groups in total. The molecule has 20 heavy (non-hydrogen) atoms. The van der Waals surface area contributed by atoms with Crippen LogP contribution >= 0.6 is 11.3 Å². The van der Waals surface area contributed by atoms with Gasteiger partial charge in [0.05, 0.1) is 0 Å². The van der Waals surface area contributed by atoms with E-state index in [4.69, 9.17) is 5.11 Å². The molecule has 2 bridgehead atoms. The van der Waals surface area contributed by atoms with Crippen molar-refractivity contribution in [3.8, 4) is 0 Å². The van der Waals surface area contributed by atoms with Gasteiger partial charge in [-0.3, -0.25) is 0 Å². The number of rotatable bonds is 3. The Kier molecular flexibility index (Phi) is 4.20. The van der Waals surface area contributed by atoms with Crippen molar-refractivity contribution in [2.75, 3.05) is 0 Å². The van der Waals surface area contributed by atoms with E-state index in [0.29, 0.717) is 5.82 Å². The predicted octanol–water partition coefficient (Wildman–Crippen LogP) is 2.85. The molecule has 3 nitrogen and oxygen atoms in total. The van der Waals surface area contributed by atoms with Crippen LogP contribution in [-0.4, -0.2) is 30.6 Å². The third-order valence-corrected chi connectivity index (χ3v) is 5.57. The highest BCUT2D eigenvalue weighted by Gasteiger charge is 2.35. The van der Waals surface area contributed by atoms with Crippen LogP contribution in [0.15, 0.2) is 5.38 Å². The molecule has 2 saturated heterocycles. The smallest absolute Gasteiger partial charge is 0.355 e. The van der Waals surface area contributed by atoms with Gasteiger partial charge in [-0.1, -0.05) is 56.5 Å². The van der Waals surface area contributed by atoms with E-state index >= 15 is 0 Å². The van der Waals surface area contributed by atoms with E-state index in [-0.39, 0.29) is 5.69 Å². The summed E-state index contributed by atoms with van der Waals surface area (Å²) < 4.78 is 0. The maximum absolute atomic E-state index is 10.9. The third-order valence-electron chi connectivity index (χ3n) is 4.76. The zero-order chi connectivity index (χ0) is 14.1. The fraction of sp³-hybridized carbons (Fsp3) is 0.714. The van der Waals surface area contributed by atoms with Gasteiger partial charge >= 0.3 is 5.97 Å². The molecule has 4 unspecified atom stereocenters. The SMILES string of the molecule is CC1CC2[B]C1CCCC([B]c1nc(C(=O)O)cs1)C2. The fourth-order valence-corrected chi connectivity index (χ4v) is 4.57. The predicted molar refractivity (Wildman–Crippen MR) is 83.7 cm³/mol. The lowest BCUT2D eigenvalue weighted by molar-refractivity contribution is 0.0691. The minimum absolute atomic E-state index is 0.174. The Bertz CT molecular complexity index is 493. The van der Waals surface area contributed by atoms with Crippen LogP contribution < -0.4 is 4.91 Å². The summed E-state index contributed by atoms with van der Waals surface area (Å²) in [6.45, 7) is 2.38. The average molecular weight is 287 g/mol. The lowest BCUT2D eigenvalue weighted by Gasteiger charge is -2.22. The summed E-state index contributed by atoms with van der Waals surface area (Å²) in [5.41, 5.74) is 0.174. The topological polar surface area (TPSA) is 50.2 Å². The minimum Gasteiger partial charge on any atom is -0.476 e. The summed E-state index contributed by atoms with van der Waals surface area (Å²) in [6, 6.07) is 0. The summed E-state index contributed by atoms with van der Waals surface area (Å²) in [6.07, 6.45) is 6.35. The standard InChI is InChI=1S/C14H19B2NO2S/c1-8-5-10-6-9(3-2-4-11(8)15-10)16-14-17-12(7-20-14)13(18)19/h7-11H,2-6H2,1H3,(H,18,19). The number of aromatic carboxylic acids is 1. The van der Waals surface area contributed by atoms with Crippen LogP contribution in [0.3, 0.4) is 0 Å². The minimum atomic E-state index is -0.931. The number of nitrogens with zero attached hydrogens (tertiary/aromatic N) is 1. The Morgan fingerprint density at radius 2 is 2.35 bits per heavy atom. The molecule has 3 heterocycles. The van der Waals surface area contributed by atoms with Crippen molar-refractivity contribution in [2.24, 2.45) is 5.92 Å². The number of hydrogen-bond acceptors (Lipinski definition) is 3. The highest BCUT2D eigenvalue weighted by atomic mass is 32.1. The maximum atomic E-state index is 10.9. The molecule has 4 atom stereocenters. The molecular formula is C14H19B2NO2S. The fourth-order valence-electron chi connectivity index (χ4n) is 3.76. The molecule has 2 radical (unpaired) electrons. The van der Waals surface area contributed by atoms with Gasteiger partial charge in [-0.15, -0.1) is 11.3 Å². The van der Waals surface area contributed by atoms with Crippen molar-refractivity contribution in [3.05, 3.63) is 11.1 Å². The molecule has 3 rings (SSSR count). The number of carboxylic acids is 1. The largest absolute Gasteiger partial charge is 0.476 e. The molecule has 0 spiro atoms. The number of carbonyl (C=O) groups is 1. The Hall–Kier alpha value is -0.770. The summed E-state index contributed by atoms with van der Waals surface area (Å²) in [4.78, 5) is 15.9. The first-order valence-electron chi connectivity index (χ1n) is 7.50. The highest BCUT2D eigenvalue weighted by Crippen LogP contribution is 2.47. The summed E-state index contributed by atoms with van der Waals surface area (Å²) in [7, 11) is 4.78. The van der Waals surface area contributed by atoms with Crippen molar-refractivity contribution in [1.82, 2.24) is 4.98 Å². The molecule has 2 fully saturated rings. The van der Waals surface area contributed by atoms with E-state index < -0.39 is 5.97 Å². The zero-order valence-electron chi connectivity index (χ0n) is 11.8. The first-order valence-corrected chi connectivity index (χ1v) is 8.38. The molecule has 0 saturated carbocycles. The normalized spacial score (nSPS) is 33.0. The molecule has 2 aliphatic rings. The van der Waals surface area contributed by atoms with Crippen LogP contribution in [0.25, 0.3) is 0 Å². The molecule has 6 heteroatoms. The van der Waals surface area contributed by atoms with Crippen molar-refractivity contribution >= 4 is 36.8 Å². The first-order chi connectivity index (χ1) is 9.61. The van der Waals surface area contributed by atoms with Crippen molar-refractivity contribution in [2.45, 2.75) is 56.5 Å². The number of fused-ring (bicyclic) bond motifs is 2. The summed E-state index contributed by atoms with van der Waals surface area (Å²) >= 11 is 1.45. The number of thiazole rings is 1. The average Bonchev–Trinajstić information content (AvgIpc) is 2.95. The van der Waals surface area contributed by atoms with Gasteiger partial charge < -0.3 is 5.11 Å². The van der Waals surface area contributed by atoms with Crippen LogP contribution in [0.1, 0.15) is 49.5 Å². The molecule has 0 aliphatic carbocycles. The summed E-state index contributed by atoms with van der Waals surface area (Å²) in [5.74, 6) is 2.04. The second-order valence-electron chi connectivity index (χ2n) is 6.30. The third kappa shape index (κ3) is 3.11. The maximum Gasteiger partial charge on any atom is 0.355 e. The first kappa shape index (κ1) is 14.2. The summed E-state index contributed by atoms with van der Waals surface area (Å²) in [5, 5.41) is 10.6. The van der Waals surface area contributed by atoms with E-state index in [0.717, 1.165) is 22.5 Å². The molecule has 1 aromatic heterocycles. The van der Waals surface area contributed by atoms with Crippen LogP contribution in [0, 0.1) is 5.92 Å². The lowest BCUT2D eigenvalue weighted by atomic mass is 9.50. The molecular weight excluding hydrogens is 268 g/mol. The number of hydrogen-bond donors (Lipinski definition) is 1. The van der Waals surface area contributed by atoms with Gasteiger partial charge in [-0.25, -0.2) is 9.78 Å². The number of aromatic nitrogens is 1. The Morgan fingerprint density at radius 1 is 1.50 bits per heavy atom. The van der Waals surface area contributed by atoms with Gasteiger partial charge in [0.15, 0.2) is 13.0 Å². The zero-order valence-corrected chi connectivity index (χ0v) is 12.6. The van der Waals surface area contributed by atoms with Gasteiger partial charge in [0.25, 0.3) is 0 Å². The van der Waals surface area contributed by atoms with E-state index in [9.17, 15) is 4.79 Å². The van der Waals surface area contributed by atoms with E-state index in [1.54, 1.807) is 5.38 Å². The van der Waals surface area contributed by atoms with Crippen LogP contribution in [-0.2, 0) is 0 Å². The Morgan fingerprint density at radius 3 is 3.10 bits per heavy atom.